The highest BCUT2D eigenvalue weighted by atomic mass is 19.4. The number of hydrogen-bond donors (Lipinski definition) is 0. The van der Waals surface area contributed by atoms with E-state index in [4.69, 9.17) is 9.47 Å². The quantitative estimate of drug-likeness (QED) is 0.874. The van der Waals surface area contributed by atoms with E-state index >= 15 is 0 Å². The van der Waals surface area contributed by atoms with Crippen molar-refractivity contribution < 1.29 is 22.6 Å². The molecule has 1 saturated heterocycles. The van der Waals surface area contributed by atoms with Crippen molar-refractivity contribution in [1.82, 2.24) is 14.8 Å². The van der Waals surface area contributed by atoms with E-state index in [2.05, 4.69) is 10.1 Å². The van der Waals surface area contributed by atoms with Crippen molar-refractivity contribution in [2.45, 2.75) is 31.5 Å². The Hall–Kier alpha value is -1.93. The Labute approximate surface area is 124 Å². The standard InChI is InChI=1S/C14H14F3N3O2/c1-10-6-21-13(22-10,7-20-9-18-8-19-20)11-2-4-12(5-3-11)14(15,16)17/h2-5,8-10H,6-7H2,1H3/t10-,13?/m1/s1. The van der Waals surface area contributed by atoms with Crippen LogP contribution in [-0.2, 0) is 28.0 Å². The van der Waals surface area contributed by atoms with Crippen LogP contribution in [0.3, 0.4) is 0 Å². The molecule has 0 amide bonds. The van der Waals surface area contributed by atoms with E-state index in [1.54, 1.807) is 0 Å². The first-order valence-electron chi connectivity index (χ1n) is 6.71. The van der Waals surface area contributed by atoms with Gasteiger partial charge in [0.05, 0.1) is 18.3 Å². The molecule has 2 aromatic rings. The molecule has 0 aliphatic carbocycles. The molecule has 0 radical (unpaired) electrons. The summed E-state index contributed by atoms with van der Waals surface area (Å²) in [5.41, 5.74) is -0.196. The summed E-state index contributed by atoms with van der Waals surface area (Å²) in [5.74, 6) is -1.16. The van der Waals surface area contributed by atoms with Crippen LogP contribution >= 0.6 is 0 Å². The molecule has 1 unspecified atom stereocenters. The monoisotopic (exact) mass is 313 g/mol. The van der Waals surface area contributed by atoms with Crippen molar-refractivity contribution in [3.63, 3.8) is 0 Å². The van der Waals surface area contributed by atoms with Gasteiger partial charge in [-0.2, -0.15) is 18.3 Å². The van der Waals surface area contributed by atoms with Crippen LogP contribution in [0.15, 0.2) is 36.9 Å². The fourth-order valence-corrected chi connectivity index (χ4v) is 2.41. The summed E-state index contributed by atoms with van der Waals surface area (Å²) in [6, 6.07) is 4.79. The molecule has 2 heterocycles. The first kappa shape index (κ1) is 15.0. The summed E-state index contributed by atoms with van der Waals surface area (Å²) in [4.78, 5) is 3.85. The van der Waals surface area contributed by atoms with E-state index in [0.29, 0.717) is 12.2 Å². The molecule has 1 aliphatic heterocycles. The molecule has 0 bridgehead atoms. The molecule has 5 nitrogen and oxygen atoms in total. The third kappa shape index (κ3) is 2.84. The summed E-state index contributed by atoms with van der Waals surface area (Å²) < 4.78 is 51.1. The third-order valence-corrected chi connectivity index (χ3v) is 3.43. The van der Waals surface area contributed by atoms with Crippen LogP contribution in [-0.4, -0.2) is 27.5 Å². The number of alkyl halides is 3. The Morgan fingerprint density at radius 2 is 2.05 bits per heavy atom. The summed E-state index contributed by atoms with van der Waals surface area (Å²) in [6.07, 6.45) is -1.66. The Morgan fingerprint density at radius 3 is 2.55 bits per heavy atom. The maximum Gasteiger partial charge on any atom is 0.416 e. The highest BCUT2D eigenvalue weighted by molar-refractivity contribution is 5.28. The van der Waals surface area contributed by atoms with Crippen molar-refractivity contribution in [1.29, 1.82) is 0 Å². The van der Waals surface area contributed by atoms with Crippen LogP contribution < -0.4 is 0 Å². The number of benzene rings is 1. The predicted octanol–water partition coefficient (Wildman–Crippen LogP) is 2.59. The Kier molecular flexibility index (Phi) is 3.65. The highest BCUT2D eigenvalue weighted by Crippen LogP contribution is 2.37. The minimum atomic E-state index is -4.37. The fourth-order valence-electron chi connectivity index (χ4n) is 2.41. The van der Waals surface area contributed by atoms with Crippen molar-refractivity contribution in [3.8, 4) is 0 Å². The van der Waals surface area contributed by atoms with Gasteiger partial charge in [-0.15, -0.1) is 0 Å². The Bertz CT molecular complexity index is 628. The lowest BCUT2D eigenvalue weighted by molar-refractivity contribution is -0.187. The molecule has 1 aromatic heterocycles. The van der Waals surface area contributed by atoms with E-state index in [1.807, 2.05) is 6.92 Å². The van der Waals surface area contributed by atoms with Gasteiger partial charge in [-0.1, -0.05) is 12.1 Å². The number of rotatable bonds is 3. The molecule has 0 saturated carbocycles. The summed E-state index contributed by atoms with van der Waals surface area (Å²) >= 11 is 0. The van der Waals surface area contributed by atoms with E-state index < -0.39 is 17.5 Å². The second-order valence-electron chi connectivity index (χ2n) is 5.16. The van der Waals surface area contributed by atoms with E-state index in [1.165, 1.54) is 29.5 Å². The maximum atomic E-state index is 12.7. The van der Waals surface area contributed by atoms with Crippen molar-refractivity contribution in [2.24, 2.45) is 0 Å². The second-order valence-corrected chi connectivity index (χ2v) is 5.16. The molecule has 8 heteroatoms. The van der Waals surface area contributed by atoms with Crippen LogP contribution in [0.25, 0.3) is 0 Å². The maximum absolute atomic E-state index is 12.7. The molecule has 3 rings (SSSR count). The number of hydrogen-bond acceptors (Lipinski definition) is 4. The van der Waals surface area contributed by atoms with Crippen LogP contribution in [0.4, 0.5) is 13.2 Å². The summed E-state index contributed by atoms with van der Waals surface area (Å²) in [6.45, 7) is 2.41. The van der Waals surface area contributed by atoms with Gasteiger partial charge in [-0.05, 0) is 19.1 Å². The first-order valence-corrected chi connectivity index (χ1v) is 6.71. The smallest absolute Gasteiger partial charge is 0.342 e. The lowest BCUT2D eigenvalue weighted by Crippen LogP contribution is -2.33. The fraction of sp³-hybridized carbons (Fsp3) is 0.429. The lowest BCUT2D eigenvalue weighted by atomic mass is 10.0. The van der Waals surface area contributed by atoms with Gasteiger partial charge >= 0.3 is 6.18 Å². The summed E-state index contributed by atoms with van der Waals surface area (Å²) in [5, 5.41) is 4.00. The van der Waals surface area contributed by atoms with Gasteiger partial charge in [-0.25, -0.2) is 9.67 Å². The highest BCUT2D eigenvalue weighted by Gasteiger charge is 2.43. The number of nitrogens with zero attached hydrogens (tertiary/aromatic N) is 3. The van der Waals surface area contributed by atoms with Crippen LogP contribution in [0, 0.1) is 0 Å². The lowest BCUT2D eigenvalue weighted by Gasteiger charge is -2.28. The predicted molar refractivity (Wildman–Crippen MR) is 69.6 cm³/mol. The molecule has 2 atom stereocenters. The first-order chi connectivity index (χ1) is 10.4. The minimum Gasteiger partial charge on any atom is -0.342 e. The summed E-state index contributed by atoms with van der Waals surface area (Å²) in [7, 11) is 0. The molecule has 1 aliphatic rings. The second kappa shape index (κ2) is 5.36. The van der Waals surface area contributed by atoms with Gasteiger partial charge < -0.3 is 9.47 Å². The van der Waals surface area contributed by atoms with E-state index in [0.717, 1.165) is 12.1 Å². The van der Waals surface area contributed by atoms with Crippen molar-refractivity contribution >= 4 is 0 Å². The molecular formula is C14H14F3N3O2. The van der Waals surface area contributed by atoms with Crippen LogP contribution in [0.1, 0.15) is 18.1 Å². The van der Waals surface area contributed by atoms with Crippen LogP contribution in [0.5, 0.6) is 0 Å². The zero-order valence-corrected chi connectivity index (χ0v) is 11.7. The zero-order chi connectivity index (χ0) is 15.8. The van der Waals surface area contributed by atoms with Gasteiger partial charge in [0.2, 0.25) is 5.79 Å². The zero-order valence-electron chi connectivity index (χ0n) is 11.7. The van der Waals surface area contributed by atoms with Gasteiger partial charge in [0.25, 0.3) is 0 Å². The van der Waals surface area contributed by atoms with Gasteiger partial charge in [-0.3, -0.25) is 0 Å². The van der Waals surface area contributed by atoms with Gasteiger partial charge in [0.1, 0.15) is 19.2 Å². The van der Waals surface area contributed by atoms with E-state index in [-0.39, 0.29) is 12.6 Å². The number of ether oxygens (including phenoxy) is 2. The molecule has 1 fully saturated rings. The van der Waals surface area contributed by atoms with Gasteiger partial charge in [0, 0.05) is 5.56 Å². The molecule has 1 aromatic carbocycles. The molecule has 118 valence electrons. The average molecular weight is 313 g/mol. The molecular weight excluding hydrogens is 299 g/mol. The van der Waals surface area contributed by atoms with Crippen molar-refractivity contribution in [2.75, 3.05) is 6.61 Å². The minimum absolute atomic E-state index is 0.161. The Morgan fingerprint density at radius 1 is 1.32 bits per heavy atom. The number of aromatic nitrogens is 3. The average Bonchev–Trinajstić information content (AvgIpc) is 3.09. The topological polar surface area (TPSA) is 49.2 Å². The molecule has 0 N–H and O–H groups in total. The molecule has 0 spiro atoms. The largest absolute Gasteiger partial charge is 0.416 e. The number of halogens is 3. The van der Waals surface area contributed by atoms with Gasteiger partial charge in [0.15, 0.2) is 0 Å². The third-order valence-electron chi connectivity index (χ3n) is 3.43. The molecule has 22 heavy (non-hydrogen) atoms. The SMILES string of the molecule is C[C@@H]1COC(Cn2cncn2)(c2ccc(C(F)(F)F)cc2)O1. The Balaban J connectivity index is 1.93. The normalized spacial score (nSPS) is 25.5. The van der Waals surface area contributed by atoms with E-state index in [9.17, 15) is 13.2 Å². The van der Waals surface area contributed by atoms with Crippen LogP contribution in [0.2, 0.25) is 0 Å². The van der Waals surface area contributed by atoms with Crippen molar-refractivity contribution in [3.05, 3.63) is 48.0 Å².